The zero-order valence-electron chi connectivity index (χ0n) is 50.8. The molecule has 3 saturated heterocycles. The van der Waals surface area contributed by atoms with Gasteiger partial charge >= 0.3 is 18.3 Å². The number of piperazine rings is 3. The normalized spacial score (nSPS) is 14.0. The predicted molar refractivity (Wildman–Crippen MR) is 333 cm³/mol. The number of alkyl halides is 3. The number of aromatic nitrogens is 12. The molecule has 6 aromatic heterocycles. The van der Waals surface area contributed by atoms with Gasteiger partial charge in [0.1, 0.15) is 24.6 Å². The van der Waals surface area contributed by atoms with Crippen molar-refractivity contribution in [2.24, 2.45) is 0 Å². The van der Waals surface area contributed by atoms with Crippen molar-refractivity contribution in [3.8, 4) is 17.5 Å². The van der Waals surface area contributed by atoms with Gasteiger partial charge in [-0.3, -0.25) is 18.5 Å². The number of Topliss-reactive ketones (excluding diaryl/α,β-unsaturated/α-hetero) is 1. The van der Waals surface area contributed by atoms with Gasteiger partial charge in [-0.25, -0.2) is 24.5 Å². The molecule has 470 valence electrons. The van der Waals surface area contributed by atoms with Crippen molar-refractivity contribution in [2.45, 2.75) is 79.0 Å². The highest BCUT2D eigenvalue weighted by Gasteiger charge is 2.34. The molecule has 9 heterocycles. The second-order valence-electron chi connectivity index (χ2n) is 21.6. The lowest BCUT2D eigenvalue weighted by atomic mass is 10.0. The van der Waals surface area contributed by atoms with Gasteiger partial charge in [-0.1, -0.05) is 63.6 Å². The molecule has 0 saturated carbocycles. The number of carbonyl (C=O) groups is 3. The minimum absolute atomic E-state index is 0.0662. The Labute approximate surface area is 515 Å². The molecule has 0 atom stereocenters. The number of carbonyl (C=O) groups excluding carboxylic acids is 3. The molecule has 0 unspecified atom stereocenters. The summed E-state index contributed by atoms with van der Waals surface area (Å²) in [6, 6.07) is 27.3. The van der Waals surface area contributed by atoms with Crippen molar-refractivity contribution in [1.82, 2.24) is 79.7 Å². The Hall–Kier alpha value is -9.08. The van der Waals surface area contributed by atoms with Gasteiger partial charge in [0.05, 0.1) is 0 Å². The van der Waals surface area contributed by atoms with Crippen LogP contribution in [0, 0.1) is 0 Å². The smallest absolute Gasteiger partial charge is 0.444 e. The first-order chi connectivity index (χ1) is 42.0. The largest absolute Gasteiger partial charge is 0.449 e. The fourth-order valence-electron chi connectivity index (χ4n) is 8.12. The first kappa shape index (κ1) is 68.0. The lowest BCUT2D eigenvalue weighted by Gasteiger charge is -2.35. The summed E-state index contributed by atoms with van der Waals surface area (Å²) in [7, 11) is 0. The Kier molecular flexibility index (Phi) is 26.1. The molecule has 3 amide bonds. The molecule has 2 aromatic carbocycles. The third-order valence-corrected chi connectivity index (χ3v) is 13.3. The number of anilines is 4. The maximum absolute atomic E-state index is 12.6. The number of benzene rings is 2. The fourth-order valence-corrected chi connectivity index (χ4v) is 8.22. The van der Waals surface area contributed by atoms with Gasteiger partial charge in [-0.15, -0.1) is 30.6 Å². The monoisotopic (exact) mass is 1230 g/mol. The van der Waals surface area contributed by atoms with Gasteiger partial charge in [0.15, 0.2) is 34.2 Å². The van der Waals surface area contributed by atoms with Crippen molar-refractivity contribution in [3.05, 3.63) is 157 Å². The van der Waals surface area contributed by atoms with Crippen LogP contribution in [0.3, 0.4) is 0 Å². The van der Waals surface area contributed by atoms with Crippen LogP contribution in [0.15, 0.2) is 141 Å². The molecule has 28 heteroatoms. The van der Waals surface area contributed by atoms with Crippen molar-refractivity contribution >= 4 is 52.5 Å². The Balaban J connectivity index is 0.000000180. The Morgan fingerprint density at radius 1 is 0.545 bits per heavy atom. The number of halogens is 4. The maximum Gasteiger partial charge on any atom is 0.449 e. The number of urea groups is 1. The average molecular weight is 1240 g/mol. The SMILES string of the molecule is CC(=O)C(F)(F)F.CC(C)(C)OC(=O)N1CCNCC1.CC(C)c1ccc(N)cc1.CC(C)c1ccc(NC(=O)N2CCN(c3ccc(-n4ccnc4)nn3)CC2)cc1.Clc1ccc(-n2ccnc2)nn1.c1cn(-c2ccc(N3CCNCC3)nn2)cn1. The summed E-state index contributed by atoms with van der Waals surface area (Å²) in [5, 5.41) is 34.5. The third-order valence-electron chi connectivity index (χ3n) is 13.1. The maximum atomic E-state index is 12.6. The molecular formula is C60H78ClF3N20O4. The van der Waals surface area contributed by atoms with E-state index in [0.717, 1.165) is 100 Å². The predicted octanol–water partition coefficient (Wildman–Crippen LogP) is 8.88. The van der Waals surface area contributed by atoms with Crippen molar-refractivity contribution in [2.75, 3.05) is 99.4 Å². The van der Waals surface area contributed by atoms with Crippen molar-refractivity contribution < 1.29 is 32.3 Å². The number of imidazole rings is 3. The zero-order valence-corrected chi connectivity index (χ0v) is 51.6. The third kappa shape index (κ3) is 23.0. The molecule has 11 rings (SSSR count). The second kappa shape index (κ2) is 33.7. The number of nitrogen functional groups attached to an aromatic ring is 1. The molecule has 24 nitrogen and oxygen atoms in total. The van der Waals surface area contributed by atoms with Crippen LogP contribution in [0.1, 0.15) is 78.4 Å². The van der Waals surface area contributed by atoms with Gasteiger partial charge in [0, 0.05) is 134 Å². The molecular weight excluding hydrogens is 1160 g/mol. The minimum atomic E-state index is -4.64. The van der Waals surface area contributed by atoms with E-state index in [-0.39, 0.29) is 17.7 Å². The van der Waals surface area contributed by atoms with Crippen LogP contribution in [0.4, 0.5) is 45.8 Å². The van der Waals surface area contributed by atoms with E-state index in [1.54, 1.807) is 65.4 Å². The van der Waals surface area contributed by atoms with E-state index >= 15 is 0 Å². The Morgan fingerprint density at radius 3 is 1.30 bits per heavy atom. The Morgan fingerprint density at radius 2 is 0.932 bits per heavy atom. The summed E-state index contributed by atoms with van der Waals surface area (Å²) in [5.41, 5.74) is 9.40. The van der Waals surface area contributed by atoms with Gasteiger partial charge in [0.25, 0.3) is 0 Å². The number of ether oxygens (including phenoxy) is 1. The number of nitrogens with one attached hydrogen (secondary N) is 3. The van der Waals surface area contributed by atoms with Crippen LogP contribution < -0.4 is 31.5 Å². The topological polar surface area (TPSA) is 266 Å². The summed E-state index contributed by atoms with van der Waals surface area (Å²) in [6.45, 7) is 24.7. The van der Waals surface area contributed by atoms with E-state index in [1.165, 1.54) is 11.1 Å². The molecule has 88 heavy (non-hydrogen) atoms. The summed E-state index contributed by atoms with van der Waals surface area (Å²) >= 11 is 5.57. The van der Waals surface area contributed by atoms with Crippen LogP contribution >= 0.6 is 11.6 Å². The van der Waals surface area contributed by atoms with E-state index in [0.29, 0.717) is 42.8 Å². The molecule has 3 aliphatic heterocycles. The standard InChI is InChI=1S/C21H25N7O.C11H14N6.C9H18N2O2.C9H13N.C7H5ClN4.C3H3F3O/c1-16(2)17-3-5-18(6-4-17)23-21(29)27-13-11-26(12-14-27)19-7-8-20(25-24-19)28-10-9-22-15-28;1-2-11(17-8-5-13-9-17)15-14-10(1)16-6-3-12-4-7-16;1-9(2,3)13-8(12)11-6-4-10-5-7-11;1-7(2)8-3-5-9(10)6-4-8;8-6-1-2-7(11-10-6)12-4-3-9-5-12;1-2(7)3(4,5)6/h3-10,15-16H,11-14H2,1-2H3,(H,23,29);1-2,5,8-9,12H,3-4,6-7H2;10H,4-7H2,1-3H3;3-7H,10H2,1-2H3;1-5H;1H3. The average Bonchev–Trinajstić information content (AvgIpc) is 4.51. The van der Waals surface area contributed by atoms with Crippen LogP contribution in [-0.2, 0) is 9.53 Å². The summed E-state index contributed by atoms with van der Waals surface area (Å²) < 4.78 is 43.1. The van der Waals surface area contributed by atoms with Gasteiger partial charge in [-0.05, 0) is 104 Å². The summed E-state index contributed by atoms with van der Waals surface area (Å²) in [6.07, 6.45) is 10.8. The highest BCUT2D eigenvalue weighted by atomic mass is 35.5. The van der Waals surface area contributed by atoms with Crippen molar-refractivity contribution in [1.29, 1.82) is 0 Å². The fraction of sp³-hybridized carbons (Fsp3) is 0.400. The number of hydrogen-bond acceptors (Lipinski definition) is 18. The number of nitrogens with zero attached hydrogens (tertiary/aromatic N) is 16. The van der Waals surface area contributed by atoms with Gasteiger partial charge < -0.3 is 46.0 Å². The highest BCUT2D eigenvalue weighted by Crippen LogP contribution is 2.21. The molecule has 3 aliphatic rings. The molecule has 0 bridgehead atoms. The van der Waals surface area contributed by atoms with Crippen LogP contribution in [0.2, 0.25) is 5.15 Å². The number of hydrogen-bond donors (Lipinski definition) is 4. The first-order valence-corrected chi connectivity index (χ1v) is 29.0. The molecule has 0 aliphatic carbocycles. The zero-order chi connectivity index (χ0) is 63.6. The summed E-state index contributed by atoms with van der Waals surface area (Å²) in [5.74, 6) is 3.30. The molecule has 5 N–H and O–H groups in total. The number of nitrogens with two attached hydrogens (primary N) is 1. The highest BCUT2D eigenvalue weighted by molar-refractivity contribution is 6.29. The van der Waals surface area contributed by atoms with E-state index in [1.807, 2.05) is 95.7 Å². The van der Waals surface area contributed by atoms with Crippen LogP contribution in [0.25, 0.3) is 17.5 Å². The van der Waals surface area contributed by atoms with E-state index in [9.17, 15) is 27.6 Å². The Bertz CT molecular complexity index is 3260. The molecule has 0 radical (unpaired) electrons. The van der Waals surface area contributed by atoms with E-state index < -0.39 is 12.0 Å². The van der Waals surface area contributed by atoms with E-state index in [2.05, 4.69) is 123 Å². The minimum Gasteiger partial charge on any atom is -0.444 e. The number of ketones is 1. The number of rotatable bonds is 8. The van der Waals surface area contributed by atoms with E-state index in [4.69, 9.17) is 22.1 Å². The molecule has 0 spiro atoms. The lowest BCUT2D eigenvalue weighted by Crippen LogP contribution is -2.50. The second-order valence-corrected chi connectivity index (χ2v) is 22.0. The lowest BCUT2D eigenvalue weighted by molar-refractivity contribution is -0.168. The summed E-state index contributed by atoms with van der Waals surface area (Å²) in [4.78, 5) is 53.2. The molecule has 8 aromatic rings. The quantitative estimate of drug-likeness (QED) is 0.103. The van der Waals surface area contributed by atoms with Crippen LogP contribution in [0.5, 0.6) is 0 Å². The molecule has 3 fully saturated rings. The van der Waals surface area contributed by atoms with Crippen LogP contribution in [-0.4, -0.2) is 177 Å². The van der Waals surface area contributed by atoms with Gasteiger partial charge in [0.2, 0.25) is 5.78 Å². The van der Waals surface area contributed by atoms with Crippen molar-refractivity contribution in [3.63, 3.8) is 0 Å². The first-order valence-electron chi connectivity index (χ1n) is 28.6. The van der Waals surface area contributed by atoms with Gasteiger partial charge in [-0.2, -0.15) is 13.2 Å². The number of amides is 3.